The Morgan fingerprint density at radius 3 is 2.43 bits per heavy atom. The van der Waals surface area contributed by atoms with Crippen LogP contribution >= 0.6 is 0 Å². The molecule has 3 aromatic carbocycles. The van der Waals surface area contributed by atoms with Crippen LogP contribution in [0.5, 0.6) is 5.75 Å². The largest absolute Gasteiger partial charge is 0.481 e. The number of terminal acetylenes is 1. The van der Waals surface area contributed by atoms with Crippen molar-refractivity contribution in [1.82, 2.24) is 9.97 Å². The van der Waals surface area contributed by atoms with Crippen molar-refractivity contribution in [2.45, 2.75) is 25.9 Å². The molecule has 4 rings (SSSR count). The Bertz CT molecular complexity index is 1510. The second-order valence-electron chi connectivity index (χ2n) is 8.52. The minimum absolute atomic E-state index is 0.0544. The summed E-state index contributed by atoms with van der Waals surface area (Å²) in [5.74, 6) is 0.827. The van der Waals surface area contributed by atoms with Gasteiger partial charge in [0, 0.05) is 16.6 Å². The number of amides is 1. The van der Waals surface area contributed by atoms with E-state index in [1.54, 1.807) is 18.2 Å². The van der Waals surface area contributed by atoms with Crippen LogP contribution in [-0.2, 0) is 6.18 Å². The van der Waals surface area contributed by atoms with Gasteiger partial charge in [0.25, 0.3) is 5.91 Å². The van der Waals surface area contributed by atoms with Crippen LogP contribution in [-0.4, -0.2) is 22.5 Å². The fourth-order valence-electron chi connectivity index (χ4n) is 3.68. The summed E-state index contributed by atoms with van der Waals surface area (Å²) in [5, 5.41) is 2.84. The second-order valence-corrected chi connectivity index (χ2v) is 8.52. The summed E-state index contributed by atoms with van der Waals surface area (Å²) in [6.07, 6.45) is 0.495. The maximum Gasteiger partial charge on any atom is 0.416 e. The molecule has 4 aromatic rings. The van der Waals surface area contributed by atoms with E-state index in [1.165, 1.54) is 0 Å². The molecule has 0 bridgehead atoms. The lowest BCUT2D eigenvalue weighted by atomic mass is 9.99. The van der Waals surface area contributed by atoms with E-state index in [0.717, 1.165) is 11.6 Å². The molecule has 0 atom stereocenters. The van der Waals surface area contributed by atoms with Crippen LogP contribution in [0.3, 0.4) is 0 Å². The van der Waals surface area contributed by atoms with Crippen molar-refractivity contribution in [3.8, 4) is 29.4 Å². The number of hydrogen-bond donors (Lipinski definition) is 1. The molecule has 0 spiro atoms. The molecule has 0 fully saturated rings. The molecule has 0 saturated carbocycles. The first-order valence-electron chi connectivity index (χ1n) is 11.2. The predicted molar refractivity (Wildman–Crippen MR) is 133 cm³/mol. The van der Waals surface area contributed by atoms with Crippen molar-refractivity contribution in [2.75, 3.05) is 11.9 Å². The van der Waals surface area contributed by atoms with E-state index < -0.39 is 23.5 Å². The minimum atomic E-state index is -4.78. The zero-order valence-corrected chi connectivity index (χ0v) is 19.9. The van der Waals surface area contributed by atoms with E-state index in [9.17, 15) is 22.4 Å². The van der Waals surface area contributed by atoms with Crippen molar-refractivity contribution >= 4 is 22.5 Å². The summed E-state index contributed by atoms with van der Waals surface area (Å²) in [5.41, 5.74) is 0.988. The zero-order valence-electron chi connectivity index (χ0n) is 19.9. The Morgan fingerprint density at radius 1 is 1.05 bits per heavy atom. The van der Waals surface area contributed by atoms with Gasteiger partial charge < -0.3 is 10.1 Å². The summed E-state index contributed by atoms with van der Waals surface area (Å²) in [6.45, 7) is 4.17. The number of carbonyl (C=O) groups is 1. The van der Waals surface area contributed by atoms with Crippen molar-refractivity contribution in [3.05, 3.63) is 83.4 Å². The molecule has 0 aliphatic heterocycles. The number of aromatic nitrogens is 2. The van der Waals surface area contributed by atoms with Crippen LogP contribution in [0.4, 0.5) is 23.2 Å². The molecule has 0 aliphatic carbocycles. The highest BCUT2D eigenvalue weighted by Gasteiger charge is 2.31. The molecule has 5 nitrogen and oxygen atoms in total. The number of hydrogen-bond acceptors (Lipinski definition) is 4. The highest BCUT2D eigenvalue weighted by Crippen LogP contribution is 2.33. The Hall–Kier alpha value is -4.45. The lowest BCUT2D eigenvalue weighted by molar-refractivity contribution is -0.137. The minimum Gasteiger partial charge on any atom is -0.481 e. The molecule has 188 valence electrons. The number of nitrogens with zero attached hydrogens (tertiary/aromatic N) is 2. The normalized spacial score (nSPS) is 11.4. The average Bonchev–Trinajstić information content (AvgIpc) is 2.86. The molecule has 0 aliphatic rings. The number of anilines is 1. The third-order valence-electron chi connectivity index (χ3n) is 5.53. The fraction of sp³-hybridized carbons (Fsp3) is 0.179. The second kappa shape index (κ2) is 10.3. The Labute approximate surface area is 210 Å². The van der Waals surface area contributed by atoms with E-state index in [0.29, 0.717) is 46.0 Å². The molecule has 1 amide bonds. The summed E-state index contributed by atoms with van der Waals surface area (Å²) < 4.78 is 58.6. The topological polar surface area (TPSA) is 64.1 Å². The van der Waals surface area contributed by atoms with Crippen LogP contribution in [0.2, 0.25) is 0 Å². The third-order valence-corrected chi connectivity index (χ3v) is 5.53. The van der Waals surface area contributed by atoms with Gasteiger partial charge in [-0.2, -0.15) is 13.2 Å². The standard InChI is InChI=1S/C28H21F4N3O2/c1-4-11-37-22-9-10-24-23(15-22)25(18-7-5-17(6-8-18)16(2)3)35-26(34-24)27(36)33-21-13-19(28(30,31)32)12-20(29)14-21/h1,5-10,12-16H,11H2,2-3H3,(H,33,36). The van der Waals surface area contributed by atoms with Gasteiger partial charge in [0.05, 0.1) is 16.8 Å². The first-order chi connectivity index (χ1) is 17.5. The molecule has 0 unspecified atom stereocenters. The number of fused-ring (bicyclic) bond motifs is 1. The van der Waals surface area contributed by atoms with Crippen LogP contribution in [0.15, 0.2) is 60.7 Å². The van der Waals surface area contributed by atoms with Gasteiger partial charge in [-0.15, -0.1) is 6.42 Å². The van der Waals surface area contributed by atoms with Crippen molar-refractivity contribution in [3.63, 3.8) is 0 Å². The van der Waals surface area contributed by atoms with Gasteiger partial charge in [-0.3, -0.25) is 4.79 Å². The SMILES string of the molecule is C#CCOc1ccc2nc(C(=O)Nc3cc(F)cc(C(F)(F)F)c3)nc(-c3ccc(C(C)C)cc3)c2c1. The number of ether oxygens (including phenoxy) is 1. The van der Waals surface area contributed by atoms with Crippen molar-refractivity contribution in [1.29, 1.82) is 0 Å². The summed E-state index contributed by atoms with van der Waals surface area (Å²) in [4.78, 5) is 21.7. The summed E-state index contributed by atoms with van der Waals surface area (Å²) >= 11 is 0. The fourth-order valence-corrected chi connectivity index (χ4v) is 3.68. The highest BCUT2D eigenvalue weighted by atomic mass is 19.4. The first-order valence-corrected chi connectivity index (χ1v) is 11.2. The molecule has 1 heterocycles. The lowest BCUT2D eigenvalue weighted by Crippen LogP contribution is -2.17. The predicted octanol–water partition coefficient (Wildman–Crippen LogP) is 6.84. The third kappa shape index (κ3) is 5.86. The van der Waals surface area contributed by atoms with Gasteiger partial charge in [-0.25, -0.2) is 14.4 Å². The van der Waals surface area contributed by atoms with Crippen LogP contribution in [0.25, 0.3) is 22.2 Å². The summed E-state index contributed by atoms with van der Waals surface area (Å²) in [6, 6.07) is 14.3. The number of alkyl halides is 3. The first kappa shape index (κ1) is 25.6. The van der Waals surface area contributed by atoms with E-state index in [1.807, 2.05) is 24.3 Å². The monoisotopic (exact) mass is 507 g/mol. The number of rotatable bonds is 6. The van der Waals surface area contributed by atoms with Gasteiger partial charge in [-0.1, -0.05) is 44.0 Å². The van der Waals surface area contributed by atoms with Crippen molar-refractivity contribution in [2.24, 2.45) is 0 Å². The smallest absolute Gasteiger partial charge is 0.416 e. The molecule has 9 heteroatoms. The molecule has 1 N–H and O–H groups in total. The van der Waals surface area contributed by atoms with Gasteiger partial charge in [0.15, 0.2) is 0 Å². The lowest BCUT2D eigenvalue weighted by Gasteiger charge is -2.13. The van der Waals surface area contributed by atoms with Crippen LogP contribution < -0.4 is 10.1 Å². The molecule has 0 radical (unpaired) electrons. The van der Waals surface area contributed by atoms with Gasteiger partial charge in [0.2, 0.25) is 5.82 Å². The van der Waals surface area contributed by atoms with Gasteiger partial charge in [0.1, 0.15) is 18.2 Å². The highest BCUT2D eigenvalue weighted by molar-refractivity contribution is 6.04. The Balaban J connectivity index is 1.78. The van der Waals surface area contributed by atoms with Gasteiger partial charge >= 0.3 is 6.18 Å². The maximum atomic E-state index is 13.8. The number of carbonyl (C=O) groups excluding carboxylic acids is 1. The molecular formula is C28H21F4N3O2. The average molecular weight is 507 g/mol. The zero-order chi connectivity index (χ0) is 26.7. The quantitative estimate of drug-likeness (QED) is 0.229. The van der Waals surface area contributed by atoms with E-state index in [4.69, 9.17) is 11.2 Å². The Morgan fingerprint density at radius 2 is 1.78 bits per heavy atom. The molecule has 37 heavy (non-hydrogen) atoms. The molecule has 0 saturated heterocycles. The van der Waals surface area contributed by atoms with E-state index in [-0.39, 0.29) is 18.1 Å². The van der Waals surface area contributed by atoms with E-state index >= 15 is 0 Å². The number of benzene rings is 3. The number of halogens is 4. The van der Waals surface area contributed by atoms with E-state index in [2.05, 4.69) is 35.1 Å². The maximum absolute atomic E-state index is 13.8. The molecular weight excluding hydrogens is 486 g/mol. The van der Waals surface area contributed by atoms with Gasteiger partial charge in [-0.05, 0) is 47.9 Å². The summed E-state index contributed by atoms with van der Waals surface area (Å²) in [7, 11) is 0. The van der Waals surface area contributed by atoms with Crippen LogP contribution in [0.1, 0.15) is 41.5 Å². The Kier molecular flexibility index (Phi) is 7.11. The number of nitrogens with one attached hydrogen (secondary N) is 1. The van der Waals surface area contributed by atoms with Crippen LogP contribution in [0, 0.1) is 18.2 Å². The molecule has 1 aromatic heterocycles. The van der Waals surface area contributed by atoms with Crippen molar-refractivity contribution < 1.29 is 27.1 Å².